The van der Waals surface area contributed by atoms with Gasteiger partial charge in [-0.15, -0.1) is 0 Å². The molecule has 0 bridgehead atoms. The molecule has 0 aliphatic carbocycles. The smallest absolute Gasteiger partial charge is 0.286 e. The highest BCUT2D eigenvalue weighted by molar-refractivity contribution is 5.90. The largest absolute Gasteiger partial charge is 0.352 e. The minimum Gasteiger partial charge on any atom is -0.352 e. The topological polar surface area (TPSA) is 57.8 Å². The average molecular weight is 139 g/mol. The van der Waals surface area contributed by atoms with Gasteiger partial charge in [-0.05, 0) is 6.92 Å². The van der Waals surface area contributed by atoms with Gasteiger partial charge in [0.25, 0.3) is 5.91 Å². The van der Waals surface area contributed by atoms with E-state index in [1.165, 1.54) is 0 Å². The van der Waals surface area contributed by atoms with Gasteiger partial charge >= 0.3 is 0 Å². The van der Waals surface area contributed by atoms with E-state index in [-0.39, 0.29) is 5.91 Å². The molecule has 0 fully saturated rings. The lowest BCUT2D eigenvalue weighted by atomic mass is 10.5. The number of hydrogen-bond acceptors (Lipinski definition) is 2. The number of aryl methyl sites for hydroxylation is 1. The van der Waals surface area contributed by atoms with Crippen LogP contribution in [-0.4, -0.2) is 22.9 Å². The number of imidazole rings is 1. The zero-order valence-corrected chi connectivity index (χ0v) is 5.93. The maximum absolute atomic E-state index is 10.8. The van der Waals surface area contributed by atoms with Crippen molar-refractivity contribution in [2.45, 2.75) is 6.92 Å². The highest BCUT2D eigenvalue weighted by Gasteiger charge is 2.04. The molecule has 0 unspecified atom stereocenters. The fourth-order valence-electron chi connectivity index (χ4n) is 0.648. The van der Waals surface area contributed by atoms with Gasteiger partial charge in [0.15, 0.2) is 5.82 Å². The molecule has 1 rings (SSSR count). The van der Waals surface area contributed by atoms with E-state index in [0.717, 1.165) is 5.69 Å². The number of hydrogen-bond donors (Lipinski definition) is 2. The zero-order chi connectivity index (χ0) is 7.56. The van der Waals surface area contributed by atoms with E-state index in [1.807, 2.05) is 6.92 Å². The summed E-state index contributed by atoms with van der Waals surface area (Å²) in [5, 5.41) is 2.46. The van der Waals surface area contributed by atoms with Crippen LogP contribution in [0.4, 0.5) is 0 Å². The number of aromatic nitrogens is 2. The molecule has 0 spiro atoms. The molecule has 1 aromatic rings. The van der Waals surface area contributed by atoms with E-state index in [4.69, 9.17) is 0 Å². The highest BCUT2D eigenvalue weighted by atomic mass is 16.2. The van der Waals surface area contributed by atoms with Crippen LogP contribution in [-0.2, 0) is 0 Å². The Morgan fingerprint density at radius 1 is 1.80 bits per heavy atom. The molecule has 0 atom stereocenters. The maximum atomic E-state index is 10.8. The SMILES string of the molecule is CNC(=O)c1nc(C)c[nH]1. The standard InChI is InChI=1S/C6H9N3O/c1-4-3-8-5(9-4)6(10)7-2/h3H,1-2H3,(H,7,10)(H,8,9). The fraction of sp³-hybridized carbons (Fsp3) is 0.333. The van der Waals surface area contributed by atoms with E-state index in [2.05, 4.69) is 15.3 Å². The third-order valence-electron chi connectivity index (χ3n) is 1.15. The summed E-state index contributed by atoms with van der Waals surface area (Å²) in [7, 11) is 1.57. The predicted molar refractivity (Wildman–Crippen MR) is 36.7 cm³/mol. The normalized spacial score (nSPS) is 9.40. The third-order valence-corrected chi connectivity index (χ3v) is 1.15. The first-order valence-electron chi connectivity index (χ1n) is 2.98. The first kappa shape index (κ1) is 6.80. The van der Waals surface area contributed by atoms with Crippen molar-refractivity contribution in [2.75, 3.05) is 7.05 Å². The molecule has 1 heterocycles. The van der Waals surface area contributed by atoms with Crippen molar-refractivity contribution in [1.82, 2.24) is 15.3 Å². The summed E-state index contributed by atoms with van der Waals surface area (Å²) >= 11 is 0. The lowest BCUT2D eigenvalue weighted by Gasteiger charge is -1.90. The Balaban J connectivity index is 2.85. The van der Waals surface area contributed by atoms with Crippen molar-refractivity contribution < 1.29 is 4.79 Å². The van der Waals surface area contributed by atoms with Crippen LogP contribution < -0.4 is 5.32 Å². The highest BCUT2D eigenvalue weighted by Crippen LogP contribution is 1.92. The molecule has 0 aliphatic rings. The zero-order valence-electron chi connectivity index (χ0n) is 5.93. The Hall–Kier alpha value is -1.32. The molecule has 4 nitrogen and oxygen atoms in total. The van der Waals surface area contributed by atoms with Crippen molar-refractivity contribution >= 4 is 5.91 Å². The summed E-state index contributed by atoms with van der Waals surface area (Å²) in [6, 6.07) is 0. The van der Waals surface area contributed by atoms with E-state index < -0.39 is 0 Å². The van der Waals surface area contributed by atoms with Gasteiger partial charge in [-0.3, -0.25) is 4.79 Å². The number of carbonyl (C=O) groups is 1. The first-order valence-corrected chi connectivity index (χ1v) is 2.98. The minimum absolute atomic E-state index is 0.187. The molecule has 1 amide bonds. The summed E-state index contributed by atoms with van der Waals surface area (Å²) in [4.78, 5) is 17.5. The van der Waals surface area contributed by atoms with Crippen molar-refractivity contribution in [3.63, 3.8) is 0 Å². The van der Waals surface area contributed by atoms with Gasteiger partial charge in [-0.25, -0.2) is 4.98 Å². The summed E-state index contributed by atoms with van der Waals surface area (Å²) < 4.78 is 0. The molecule has 10 heavy (non-hydrogen) atoms. The van der Waals surface area contributed by atoms with Gasteiger partial charge in [-0.1, -0.05) is 0 Å². The Kier molecular flexibility index (Phi) is 1.71. The molecule has 0 saturated carbocycles. The number of amides is 1. The molecule has 0 aliphatic heterocycles. The molecular formula is C6H9N3O. The van der Waals surface area contributed by atoms with Crippen LogP contribution in [0.2, 0.25) is 0 Å². The van der Waals surface area contributed by atoms with Gasteiger partial charge < -0.3 is 10.3 Å². The number of rotatable bonds is 1. The lowest BCUT2D eigenvalue weighted by molar-refractivity contribution is 0.0953. The molecule has 2 N–H and O–H groups in total. The lowest BCUT2D eigenvalue weighted by Crippen LogP contribution is -2.19. The van der Waals surface area contributed by atoms with E-state index >= 15 is 0 Å². The van der Waals surface area contributed by atoms with Crippen LogP contribution in [0.25, 0.3) is 0 Å². The van der Waals surface area contributed by atoms with Crippen molar-refractivity contribution in [1.29, 1.82) is 0 Å². The number of nitrogens with zero attached hydrogens (tertiary/aromatic N) is 1. The van der Waals surface area contributed by atoms with Crippen LogP contribution in [0.3, 0.4) is 0 Å². The molecule has 0 aromatic carbocycles. The third kappa shape index (κ3) is 1.15. The molecule has 4 heteroatoms. The van der Waals surface area contributed by atoms with Gasteiger partial charge in [0.05, 0.1) is 5.69 Å². The van der Waals surface area contributed by atoms with Crippen molar-refractivity contribution in [3.8, 4) is 0 Å². The summed E-state index contributed by atoms with van der Waals surface area (Å²) in [5.41, 5.74) is 0.818. The second kappa shape index (κ2) is 2.51. The maximum Gasteiger partial charge on any atom is 0.286 e. The Labute approximate surface area is 58.7 Å². The summed E-state index contributed by atoms with van der Waals surface area (Å²) in [5.74, 6) is 0.174. The number of carbonyl (C=O) groups excluding carboxylic acids is 1. The van der Waals surface area contributed by atoms with Gasteiger partial charge in [0.1, 0.15) is 0 Å². The molecule has 0 saturated heterocycles. The van der Waals surface area contributed by atoms with Crippen LogP contribution >= 0.6 is 0 Å². The first-order chi connectivity index (χ1) is 4.74. The van der Waals surface area contributed by atoms with Crippen LogP contribution in [0.1, 0.15) is 16.3 Å². The fourth-order valence-corrected chi connectivity index (χ4v) is 0.648. The summed E-state index contributed by atoms with van der Waals surface area (Å²) in [6.07, 6.45) is 1.69. The second-order valence-electron chi connectivity index (χ2n) is 1.97. The quantitative estimate of drug-likeness (QED) is 0.578. The van der Waals surface area contributed by atoms with Crippen LogP contribution in [0.15, 0.2) is 6.20 Å². The Morgan fingerprint density at radius 2 is 2.50 bits per heavy atom. The Morgan fingerprint density at radius 3 is 2.90 bits per heavy atom. The Bertz CT molecular complexity index is 241. The van der Waals surface area contributed by atoms with Crippen LogP contribution in [0, 0.1) is 6.92 Å². The predicted octanol–water partition coefficient (Wildman–Crippen LogP) is 0.0777. The van der Waals surface area contributed by atoms with Gasteiger partial charge in [0, 0.05) is 13.2 Å². The molecule has 54 valence electrons. The van der Waals surface area contributed by atoms with Crippen molar-refractivity contribution in [3.05, 3.63) is 17.7 Å². The molecular weight excluding hydrogens is 130 g/mol. The second-order valence-corrected chi connectivity index (χ2v) is 1.97. The number of nitrogens with one attached hydrogen (secondary N) is 2. The van der Waals surface area contributed by atoms with Gasteiger partial charge in [0.2, 0.25) is 0 Å². The number of H-pyrrole nitrogens is 1. The van der Waals surface area contributed by atoms with Gasteiger partial charge in [-0.2, -0.15) is 0 Å². The van der Waals surface area contributed by atoms with E-state index in [1.54, 1.807) is 13.2 Å². The van der Waals surface area contributed by atoms with E-state index in [0.29, 0.717) is 5.82 Å². The minimum atomic E-state index is -0.187. The average Bonchev–Trinajstić information content (AvgIpc) is 2.34. The monoisotopic (exact) mass is 139 g/mol. The van der Waals surface area contributed by atoms with Crippen molar-refractivity contribution in [2.24, 2.45) is 0 Å². The van der Waals surface area contributed by atoms with Crippen LogP contribution in [0.5, 0.6) is 0 Å². The summed E-state index contributed by atoms with van der Waals surface area (Å²) in [6.45, 7) is 1.82. The molecule has 1 aromatic heterocycles. The van der Waals surface area contributed by atoms with E-state index in [9.17, 15) is 4.79 Å². The number of aromatic amines is 1. The molecule has 0 radical (unpaired) electrons.